The average Bonchev–Trinajstić information content (AvgIpc) is 2.71. The molecule has 1 saturated heterocycles. The van der Waals surface area contributed by atoms with E-state index in [4.69, 9.17) is 4.74 Å². The Balaban J connectivity index is 2.17. The van der Waals surface area contributed by atoms with Crippen LogP contribution in [0.4, 0.5) is 10.2 Å². The van der Waals surface area contributed by atoms with E-state index in [0.29, 0.717) is 11.9 Å². The van der Waals surface area contributed by atoms with Gasteiger partial charge in [-0.05, 0) is 20.5 Å². The summed E-state index contributed by atoms with van der Waals surface area (Å²) >= 11 is 0. The molecule has 0 N–H and O–H groups in total. The predicted molar refractivity (Wildman–Crippen MR) is 67.1 cm³/mol. The number of aromatic nitrogens is 2. The van der Waals surface area contributed by atoms with Crippen molar-refractivity contribution in [3.05, 3.63) is 18.3 Å². The topological polar surface area (TPSA) is 41.5 Å². The third-order valence-electron chi connectivity index (χ3n) is 3.20. The fraction of sp³-hybridized carbons (Fsp3) is 0.667. The zero-order valence-corrected chi connectivity index (χ0v) is 11.0. The molecule has 2 atom stereocenters. The standard InChI is InChI=1S/C12H19FN4O/c1-16(2)6-9-4-10(18-3)7-17(9)12-5-11(13)14-8-15-12/h5,8-10H,4,6-7H2,1-3H3. The van der Waals surface area contributed by atoms with Crippen LogP contribution in [-0.4, -0.2) is 61.3 Å². The first-order valence-corrected chi connectivity index (χ1v) is 6.02. The van der Waals surface area contributed by atoms with Gasteiger partial charge in [0.2, 0.25) is 5.95 Å². The molecule has 2 unspecified atom stereocenters. The highest BCUT2D eigenvalue weighted by Crippen LogP contribution is 2.25. The minimum atomic E-state index is -0.496. The van der Waals surface area contributed by atoms with Gasteiger partial charge in [0.25, 0.3) is 0 Å². The molecule has 100 valence electrons. The van der Waals surface area contributed by atoms with Crippen molar-refractivity contribution in [2.45, 2.75) is 18.6 Å². The summed E-state index contributed by atoms with van der Waals surface area (Å²) in [6, 6.07) is 1.67. The Hall–Kier alpha value is -1.27. The number of likely N-dealkylation sites (N-methyl/N-ethyl adjacent to an activating group) is 1. The third kappa shape index (κ3) is 2.94. The van der Waals surface area contributed by atoms with Crippen LogP contribution in [0, 0.1) is 5.95 Å². The zero-order chi connectivity index (χ0) is 13.1. The van der Waals surface area contributed by atoms with E-state index in [1.54, 1.807) is 7.11 Å². The number of rotatable bonds is 4. The van der Waals surface area contributed by atoms with Gasteiger partial charge in [-0.25, -0.2) is 9.97 Å². The van der Waals surface area contributed by atoms with Gasteiger partial charge < -0.3 is 14.5 Å². The van der Waals surface area contributed by atoms with Crippen LogP contribution >= 0.6 is 0 Å². The van der Waals surface area contributed by atoms with E-state index in [1.165, 1.54) is 12.4 Å². The van der Waals surface area contributed by atoms with Crippen LogP contribution in [0.1, 0.15) is 6.42 Å². The molecule has 0 spiro atoms. The molecule has 0 saturated carbocycles. The first-order valence-electron chi connectivity index (χ1n) is 6.02. The molecule has 1 aliphatic heterocycles. The Morgan fingerprint density at radius 2 is 2.28 bits per heavy atom. The molecule has 2 rings (SSSR count). The SMILES string of the molecule is COC1CC(CN(C)C)N(c2cc(F)ncn2)C1. The van der Waals surface area contributed by atoms with Crippen LogP contribution in [0.3, 0.4) is 0 Å². The fourth-order valence-electron chi connectivity index (χ4n) is 2.40. The Morgan fingerprint density at radius 3 is 2.89 bits per heavy atom. The smallest absolute Gasteiger partial charge is 0.218 e. The molecule has 0 aliphatic carbocycles. The van der Waals surface area contributed by atoms with Crippen molar-refractivity contribution < 1.29 is 9.13 Å². The maximum absolute atomic E-state index is 13.2. The van der Waals surface area contributed by atoms with Gasteiger partial charge in [0, 0.05) is 32.3 Å². The molecule has 5 nitrogen and oxygen atoms in total. The number of ether oxygens (including phenoxy) is 1. The number of hydrogen-bond acceptors (Lipinski definition) is 5. The van der Waals surface area contributed by atoms with Crippen LogP contribution < -0.4 is 4.90 Å². The summed E-state index contributed by atoms with van der Waals surface area (Å²) in [7, 11) is 5.76. The molecule has 0 aromatic carbocycles. The second-order valence-corrected chi connectivity index (χ2v) is 4.86. The lowest BCUT2D eigenvalue weighted by molar-refractivity contribution is 0.117. The lowest BCUT2D eigenvalue weighted by Gasteiger charge is -2.27. The van der Waals surface area contributed by atoms with Crippen LogP contribution in [0.25, 0.3) is 0 Å². The van der Waals surface area contributed by atoms with E-state index in [-0.39, 0.29) is 6.10 Å². The summed E-state index contributed by atoms with van der Waals surface area (Å²) in [4.78, 5) is 11.9. The van der Waals surface area contributed by atoms with Gasteiger partial charge in [0.1, 0.15) is 12.1 Å². The Bertz CT molecular complexity index is 401. The minimum Gasteiger partial charge on any atom is -0.380 e. The lowest BCUT2D eigenvalue weighted by atomic mass is 10.2. The van der Waals surface area contributed by atoms with Gasteiger partial charge >= 0.3 is 0 Å². The quantitative estimate of drug-likeness (QED) is 0.742. The molecular formula is C12H19FN4O. The first-order chi connectivity index (χ1) is 8.60. The fourth-order valence-corrected chi connectivity index (χ4v) is 2.40. The monoisotopic (exact) mass is 254 g/mol. The Morgan fingerprint density at radius 1 is 1.50 bits per heavy atom. The summed E-state index contributed by atoms with van der Waals surface area (Å²) in [5, 5.41) is 0. The van der Waals surface area contributed by atoms with Crippen LogP contribution in [0.15, 0.2) is 12.4 Å². The molecule has 2 heterocycles. The highest BCUT2D eigenvalue weighted by Gasteiger charge is 2.33. The molecule has 18 heavy (non-hydrogen) atoms. The van der Waals surface area contributed by atoms with Gasteiger partial charge in [-0.3, -0.25) is 0 Å². The zero-order valence-electron chi connectivity index (χ0n) is 11.0. The lowest BCUT2D eigenvalue weighted by Crippen LogP contribution is -2.38. The molecule has 0 bridgehead atoms. The first kappa shape index (κ1) is 13.2. The molecule has 0 radical (unpaired) electrons. The summed E-state index contributed by atoms with van der Waals surface area (Å²) in [6.07, 6.45) is 2.37. The second-order valence-electron chi connectivity index (χ2n) is 4.86. The summed E-state index contributed by atoms with van der Waals surface area (Å²) in [6.45, 7) is 1.64. The summed E-state index contributed by atoms with van der Waals surface area (Å²) < 4.78 is 18.6. The molecule has 1 aliphatic rings. The van der Waals surface area contributed by atoms with Crippen molar-refractivity contribution >= 4 is 5.82 Å². The van der Waals surface area contributed by atoms with Crippen molar-refractivity contribution in [3.63, 3.8) is 0 Å². The van der Waals surface area contributed by atoms with E-state index >= 15 is 0 Å². The van der Waals surface area contributed by atoms with E-state index in [9.17, 15) is 4.39 Å². The van der Waals surface area contributed by atoms with Crippen molar-refractivity contribution in [3.8, 4) is 0 Å². The van der Waals surface area contributed by atoms with E-state index in [0.717, 1.165) is 19.5 Å². The number of hydrogen-bond donors (Lipinski definition) is 0. The number of nitrogens with zero attached hydrogens (tertiary/aromatic N) is 4. The van der Waals surface area contributed by atoms with E-state index in [1.807, 2.05) is 14.1 Å². The van der Waals surface area contributed by atoms with Gasteiger partial charge in [-0.1, -0.05) is 0 Å². The average molecular weight is 254 g/mol. The van der Waals surface area contributed by atoms with Crippen molar-refractivity contribution in [1.29, 1.82) is 0 Å². The largest absolute Gasteiger partial charge is 0.380 e. The van der Waals surface area contributed by atoms with Crippen LogP contribution in [-0.2, 0) is 4.74 Å². The highest BCUT2D eigenvalue weighted by atomic mass is 19.1. The Kier molecular flexibility index (Phi) is 4.08. The van der Waals surface area contributed by atoms with Crippen molar-refractivity contribution in [2.24, 2.45) is 0 Å². The molecule has 0 amide bonds. The van der Waals surface area contributed by atoms with Gasteiger partial charge in [0.15, 0.2) is 0 Å². The molecular weight excluding hydrogens is 235 g/mol. The van der Waals surface area contributed by atoms with Gasteiger partial charge in [-0.2, -0.15) is 4.39 Å². The molecule has 6 heteroatoms. The summed E-state index contributed by atoms with van der Waals surface area (Å²) in [5.74, 6) is 0.137. The Labute approximate surface area is 107 Å². The van der Waals surface area contributed by atoms with Crippen LogP contribution in [0.2, 0.25) is 0 Å². The maximum atomic E-state index is 13.2. The second kappa shape index (κ2) is 5.58. The van der Waals surface area contributed by atoms with E-state index < -0.39 is 5.95 Å². The third-order valence-corrected chi connectivity index (χ3v) is 3.20. The van der Waals surface area contributed by atoms with Crippen LogP contribution in [0.5, 0.6) is 0 Å². The minimum absolute atomic E-state index is 0.174. The van der Waals surface area contributed by atoms with Gasteiger partial charge in [-0.15, -0.1) is 0 Å². The van der Waals surface area contributed by atoms with Crippen molar-refractivity contribution in [2.75, 3.05) is 39.2 Å². The maximum Gasteiger partial charge on any atom is 0.218 e. The number of halogens is 1. The predicted octanol–water partition coefficient (Wildman–Crippen LogP) is 0.771. The molecule has 1 aromatic heterocycles. The highest BCUT2D eigenvalue weighted by molar-refractivity contribution is 5.40. The molecule has 1 fully saturated rings. The molecule has 1 aromatic rings. The number of anilines is 1. The van der Waals surface area contributed by atoms with Crippen molar-refractivity contribution in [1.82, 2.24) is 14.9 Å². The van der Waals surface area contributed by atoms with E-state index in [2.05, 4.69) is 19.8 Å². The van der Waals surface area contributed by atoms with Gasteiger partial charge in [0.05, 0.1) is 6.10 Å². The number of methoxy groups -OCH3 is 1. The normalized spacial score (nSPS) is 23.9. The summed E-state index contributed by atoms with van der Waals surface area (Å²) in [5.41, 5.74) is 0.